The highest BCUT2D eigenvalue weighted by Crippen LogP contribution is 2.47. The first kappa shape index (κ1) is 26.3. The van der Waals surface area contributed by atoms with Gasteiger partial charge in [0.05, 0.1) is 37.0 Å². The Morgan fingerprint density at radius 2 is 1.97 bits per heavy atom. The van der Waals surface area contributed by atoms with Crippen LogP contribution in [0.2, 0.25) is 0 Å². The molecule has 0 saturated carbocycles. The van der Waals surface area contributed by atoms with Crippen LogP contribution < -0.4 is 4.90 Å². The maximum atomic E-state index is 13.5. The molecule has 188 valence electrons. The van der Waals surface area contributed by atoms with Crippen molar-refractivity contribution in [2.45, 2.75) is 39.3 Å². The van der Waals surface area contributed by atoms with Crippen LogP contribution in [-0.4, -0.2) is 63.9 Å². The molecule has 0 bridgehead atoms. The number of ether oxygens (including phenoxy) is 2. The predicted molar refractivity (Wildman–Crippen MR) is 122 cm³/mol. The third-order valence-corrected chi connectivity index (χ3v) is 7.05. The van der Waals surface area contributed by atoms with E-state index >= 15 is 0 Å². The third-order valence-electron chi connectivity index (χ3n) is 7.05. The van der Waals surface area contributed by atoms with Crippen LogP contribution in [0.5, 0.6) is 0 Å². The van der Waals surface area contributed by atoms with Crippen LogP contribution in [-0.2, 0) is 20.4 Å². The highest BCUT2D eigenvalue weighted by atomic mass is 19.4. The largest absolute Gasteiger partial charge is 0.417 e. The summed E-state index contributed by atoms with van der Waals surface area (Å²) in [6, 6.07) is 5.58. The van der Waals surface area contributed by atoms with Crippen LogP contribution in [0.25, 0.3) is 0 Å². The number of rotatable bonds is 8. The quantitative estimate of drug-likeness (QED) is 0.517. The standard InChI is InChI=1S/C25H34F3N3O3/c1-18(2)12-23(32)30-8-6-24(7-9-30)17-31(15-20(24)16-34-11-10-33-3)21-5-4-19(14-29)22(13-21)25(26,27)28/h4-5,13,18,20H,6-12,15-17H2,1-3H3. The summed E-state index contributed by atoms with van der Waals surface area (Å²) in [4.78, 5) is 16.5. The number of carbonyl (C=O) groups excluding carboxylic acids is 1. The van der Waals surface area contributed by atoms with E-state index in [1.54, 1.807) is 19.2 Å². The fourth-order valence-electron chi connectivity index (χ4n) is 5.13. The van der Waals surface area contributed by atoms with Crippen molar-refractivity contribution >= 4 is 11.6 Å². The minimum atomic E-state index is -4.59. The van der Waals surface area contributed by atoms with Gasteiger partial charge >= 0.3 is 6.18 Å². The monoisotopic (exact) mass is 481 g/mol. The summed E-state index contributed by atoms with van der Waals surface area (Å²) in [6.07, 6.45) is -2.50. The predicted octanol–water partition coefficient (Wildman–Crippen LogP) is 4.33. The second-order valence-corrected chi connectivity index (χ2v) is 9.83. The van der Waals surface area contributed by atoms with Crippen molar-refractivity contribution in [3.63, 3.8) is 0 Å². The molecule has 9 heteroatoms. The molecule has 0 aromatic heterocycles. The first-order valence-electron chi connectivity index (χ1n) is 11.8. The normalized spacial score (nSPS) is 20.2. The summed E-state index contributed by atoms with van der Waals surface area (Å²) < 4.78 is 51.5. The minimum absolute atomic E-state index is 0.122. The fourth-order valence-corrected chi connectivity index (χ4v) is 5.13. The highest BCUT2D eigenvalue weighted by Gasteiger charge is 2.49. The molecule has 0 N–H and O–H groups in total. The van der Waals surface area contributed by atoms with Crippen LogP contribution in [0.4, 0.5) is 18.9 Å². The molecule has 1 aromatic rings. The van der Waals surface area contributed by atoms with Crippen LogP contribution in [0.3, 0.4) is 0 Å². The summed E-state index contributed by atoms with van der Waals surface area (Å²) >= 11 is 0. The van der Waals surface area contributed by atoms with Crippen molar-refractivity contribution < 1.29 is 27.4 Å². The molecule has 2 heterocycles. The zero-order valence-corrected chi connectivity index (χ0v) is 20.2. The molecule has 3 rings (SSSR count). The van der Waals surface area contributed by atoms with E-state index in [0.29, 0.717) is 64.0 Å². The van der Waals surface area contributed by atoms with Crippen molar-refractivity contribution in [2.24, 2.45) is 17.3 Å². The lowest BCUT2D eigenvalue weighted by Gasteiger charge is -2.42. The number of nitriles is 1. The fraction of sp³-hybridized carbons (Fsp3) is 0.680. The van der Waals surface area contributed by atoms with E-state index in [-0.39, 0.29) is 22.8 Å². The van der Waals surface area contributed by atoms with Crippen LogP contribution >= 0.6 is 0 Å². The number of nitrogens with zero attached hydrogens (tertiary/aromatic N) is 3. The number of alkyl halides is 3. The van der Waals surface area contributed by atoms with Crippen molar-refractivity contribution in [2.75, 3.05) is 58.0 Å². The van der Waals surface area contributed by atoms with E-state index in [2.05, 4.69) is 0 Å². The molecule has 2 aliphatic rings. The number of halogens is 3. The summed E-state index contributed by atoms with van der Waals surface area (Å²) in [5, 5.41) is 9.12. The molecule has 1 atom stereocenters. The molecule has 0 radical (unpaired) electrons. The first-order valence-corrected chi connectivity index (χ1v) is 11.8. The lowest BCUT2D eigenvalue weighted by molar-refractivity contribution is -0.138. The Morgan fingerprint density at radius 3 is 2.56 bits per heavy atom. The number of anilines is 1. The molecule has 2 aliphatic heterocycles. The van der Waals surface area contributed by atoms with E-state index in [4.69, 9.17) is 14.7 Å². The minimum Gasteiger partial charge on any atom is -0.382 e. The zero-order chi connectivity index (χ0) is 24.9. The molecule has 2 fully saturated rings. The van der Waals surface area contributed by atoms with Crippen molar-refractivity contribution in [1.29, 1.82) is 5.26 Å². The van der Waals surface area contributed by atoms with Gasteiger partial charge in [-0.1, -0.05) is 13.8 Å². The molecule has 1 unspecified atom stereocenters. The molecule has 34 heavy (non-hydrogen) atoms. The van der Waals surface area contributed by atoms with Crippen LogP contribution in [0.1, 0.15) is 44.2 Å². The number of amides is 1. The van der Waals surface area contributed by atoms with E-state index < -0.39 is 11.7 Å². The SMILES string of the molecule is COCCOCC1CN(c2ccc(C#N)c(C(F)(F)F)c2)CC12CCN(C(=O)CC(C)C)CC2. The van der Waals surface area contributed by atoms with E-state index in [0.717, 1.165) is 18.9 Å². The second-order valence-electron chi connectivity index (χ2n) is 9.83. The molecule has 6 nitrogen and oxygen atoms in total. The summed E-state index contributed by atoms with van der Waals surface area (Å²) in [7, 11) is 1.61. The van der Waals surface area contributed by atoms with E-state index in [9.17, 15) is 18.0 Å². The number of piperidine rings is 1. The Bertz CT molecular complexity index is 890. The Morgan fingerprint density at radius 1 is 1.26 bits per heavy atom. The maximum Gasteiger partial charge on any atom is 0.417 e. The number of likely N-dealkylation sites (tertiary alicyclic amines) is 1. The Labute approximate surface area is 199 Å². The van der Waals surface area contributed by atoms with Gasteiger partial charge in [-0.05, 0) is 42.4 Å². The smallest absolute Gasteiger partial charge is 0.382 e. The summed E-state index contributed by atoms with van der Waals surface area (Å²) in [5.74, 6) is 0.581. The number of benzene rings is 1. The molecule has 1 spiro atoms. The van der Waals surface area contributed by atoms with Gasteiger partial charge in [-0.3, -0.25) is 4.79 Å². The first-order chi connectivity index (χ1) is 16.1. The molecule has 2 saturated heterocycles. The third kappa shape index (κ3) is 6.02. The Hall–Kier alpha value is -2.31. The molecular weight excluding hydrogens is 447 g/mol. The Balaban J connectivity index is 1.80. The summed E-state index contributed by atoms with van der Waals surface area (Å²) in [5.41, 5.74) is -0.964. The number of hydrogen-bond donors (Lipinski definition) is 0. The van der Waals surface area contributed by atoms with E-state index in [1.165, 1.54) is 6.07 Å². The molecule has 1 aromatic carbocycles. The molecule has 1 amide bonds. The van der Waals surface area contributed by atoms with Crippen molar-refractivity contribution in [1.82, 2.24) is 4.90 Å². The highest BCUT2D eigenvalue weighted by molar-refractivity contribution is 5.76. The van der Waals surface area contributed by atoms with E-state index in [1.807, 2.05) is 23.6 Å². The average molecular weight is 482 g/mol. The van der Waals surface area contributed by atoms with Gasteiger partial charge in [0.2, 0.25) is 5.91 Å². The van der Waals surface area contributed by atoms with Crippen molar-refractivity contribution in [3.8, 4) is 6.07 Å². The lowest BCUT2D eigenvalue weighted by Crippen LogP contribution is -2.47. The van der Waals surface area contributed by atoms with Crippen molar-refractivity contribution in [3.05, 3.63) is 29.3 Å². The zero-order valence-electron chi connectivity index (χ0n) is 20.2. The van der Waals surface area contributed by atoms with Crippen LogP contribution in [0, 0.1) is 28.6 Å². The second kappa shape index (κ2) is 11.0. The van der Waals surface area contributed by atoms with Gasteiger partial charge in [-0.2, -0.15) is 18.4 Å². The maximum absolute atomic E-state index is 13.5. The summed E-state index contributed by atoms with van der Waals surface area (Å²) in [6.45, 7) is 7.93. The van der Waals surface area contributed by atoms with Gasteiger partial charge in [-0.15, -0.1) is 0 Å². The van der Waals surface area contributed by atoms with Gasteiger partial charge in [0.25, 0.3) is 0 Å². The lowest BCUT2D eigenvalue weighted by atomic mass is 9.71. The number of hydrogen-bond acceptors (Lipinski definition) is 5. The van der Waals surface area contributed by atoms with Crippen LogP contribution in [0.15, 0.2) is 18.2 Å². The average Bonchev–Trinajstić information content (AvgIpc) is 3.13. The number of methoxy groups -OCH3 is 1. The van der Waals surface area contributed by atoms with Gasteiger partial charge in [0.1, 0.15) is 0 Å². The van der Waals surface area contributed by atoms with Gasteiger partial charge in [-0.25, -0.2) is 0 Å². The van der Waals surface area contributed by atoms with Gasteiger partial charge < -0.3 is 19.3 Å². The van der Waals surface area contributed by atoms with Gasteiger partial charge in [0, 0.05) is 51.3 Å². The molecular formula is C25H34F3N3O3. The Kier molecular flexibility index (Phi) is 8.47. The topological polar surface area (TPSA) is 65.8 Å². The molecule has 0 aliphatic carbocycles. The number of carbonyl (C=O) groups is 1. The van der Waals surface area contributed by atoms with Gasteiger partial charge in [0.15, 0.2) is 0 Å².